The maximum absolute atomic E-state index is 13.7. The highest BCUT2D eigenvalue weighted by molar-refractivity contribution is 5.92. The number of nitrogen functional groups attached to an aromatic ring is 2. The summed E-state index contributed by atoms with van der Waals surface area (Å²) in [4.78, 5) is 35.3. The predicted octanol–water partition coefficient (Wildman–Crippen LogP) is 5.23. The Kier molecular flexibility index (Phi) is 9.71. The van der Waals surface area contributed by atoms with E-state index in [0.29, 0.717) is 35.4 Å². The molecule has 0 fully saturated rings. The van der Waals surface area contributed by atoms with Gasteiger partial charge in [0.05, 0.1) is 0 Å². The topological polar surface area (TPSA) is 204 Å². The molecule has 0 bridgehead atoms. The molecule has 0 amide bonds. The van der Waals surface area contributed by atoms with E-state index in [1.807, 2.05) is 19.1 Å². The highest BCUT2D eigenvalue weighted by atomic mass is 16.6. The van der Waals surface area contributed by atoms with E-state index in [1.54, 1.807) is 68.7 Å². The lowest BCUT2D eigenvalue weighted by Gasteiger charge is -2.43. The Morgan fingerprint density at radius 3 is 2.59 bits per heavy atom. The molecule has 3 aromatic heterocycles. The lowest BCUT2D eigenvalue weighted by Crippen LogP contribution is -2.52. The number of benzene rings is 2. The van der Waals surface area contributed by atoms with Gasteiger partial charge in [0.1, 0.15) is 63.9 Å². The van der Waals surface area contributed by atoms with Gasteiger partial charge in [-0.3, -0.25) is 4.79 Å². The van der Waals surface area contributed by atoms with Crippen LogP contribution < -0.4 is 21.6 Å². The average molecular weight is 693 g/mol. The minimum atomic E-state index is -1.17. The zero-order chi connectivity index (χ0) is 36.4. The first-order valence-electron chi connectivity index (χ1n) is 16.6. The summed E-state index contributed by atoms with van der Waals surface area (Å²) in [5, 5.41) is 32.2. The van der Waals surface area contributed by atoms with Gasteiger partial charge in [0.25, 0.3) is 0 Å². The van der Waals surface area contributed by atoms with E-state index in [-0.39, 0.29) is 58.2 Å². The molecule has 2 aromatic carbocycles. The van der Waals surface area contributed by atoms with Crippen LogP contribution in [0.15, 0.2) is 87.9 Å². The van der Waals surface area contributed by atoms with Crippen molar-refractivity contribution in [2.45, 2.75) is 70.7 Å². The van der Waals surface area contributed by atoms with Crippen LogP contribution in [-0.2, 0) is 35.4 Å². The van der Waals surface area contributed by atoms with Gasteiger partial charge < -0.3 is 40.7 Å². The Morgan fingerprint density at radius 1 is 1.10 bits per heavy atom. The fourth-order valence-electron chi connectivity index (χ4n) is 6.56. The number of aromatic hydroxyl groups is 2. The minimum Gasteiger partial charge on any atom is -0.508 e. The zero-order valence-corrected chi connectivity index (χ0v) is 28.6. The van der Waals surface area contributed by atoms with Crippen LogP contribution in [0.5, 0.6) is 17.2 Å². The molecule has 1 aliphatic heterocycles. The number of hydrogen-bond acceptors (Lipinski definition) is 12. The highest BCUT2D eigenvalue weighted by Gasteiger charge is 2.47. The van der Waals surface area contributed by atoms with Crippen molar-refractivity contribution in [2.24, 2.45) is 0 Å². The number of allylic oxidation sites excluding steroid dienone is 1. The highest BCUT2D eigenvalue weighted by Crippen LogP contribution is 2.51. The van der Waals surface area contributed by atoms with Gasteiger partial charge in [-0.25, -0.2) is 14.8 Å². The van der Waals surface area contributed by atoms with E-state index < -0.39 is 35.6 Å². The lowest BCUT2D eigenvalue weighted by atomic mass is 9.79. The van der Waals surface area contributed by atoms with E-state index in [1.165, 1.54) is 0 Å². The summed E-state index contributed by atoms with van der Waals surface area (Å²) in [6, 6.07) is 15.0. The number of nitrogens with two attached hydrogens (primary N) is 2. The van der Waals surface area contributed by atoms with Gasteiger partial charge in [-0.2, -0.15) is 0 Å². The first-order chi connectivity index (χ1) is 24.4. The third-order valence-corrected chi connectivity index (χ3v) is 9.51. The molecule has 12 nitrogen and oxygen atoms in total. The first kappa shape index (κ1) is 35.0. The van der Waals surface area contributed by atoms with Gasteiger partial charge in [0.2, 0.25) is 0 Å². The van der Waals surface area contributed by atoms with Gasteiger partial charge >= 0.3 is 5.97 Å². The van der Waals surface area contributed by atoms with Crippen LogP contribution in [0.25, 0.3) is 11.0 Å². The van der Waals surface area contributed by atoms with E-state index in [2.05, 4.69) is 9.97 Å². The summed E-state index contributed by atoms with van der Waals surface area (Å²) in [6.07, 6.45) is 5.09. The molecule has 0 saturated carbocycles. The molecule has 51 heavy (non-hydrogen) atoms. The molecule has 264 valence electrons. The smallest absolute Gasteiger partial charge is 0.333 e. The van der Waals surface area contributed by atoms with Gasteiger partial charge in [-0.1, -0.05) is 24.3 Å². The Hall–Kier alpha value is -5.88. The Morgan fingerprint density at radius 2 is 1.90 bits per heavy atom. The van der Waals surface area contributed by atoms with Crippen molar-refractivity contribution in [3.05, 3.63) is 122 Å². The van der Waals surface area contributed by atoms with Crippen LogP contribution in [-0.4, -0.2) is 43.0 Å². The number of carbonyl (C=O) groups excluding carboxylic acids is 1. The SMILES string of the molecule is CC=C(C)C(=O)OC1Cc2c(c(C(Cc3cccc(O)c3)c3ccnc(N)c3)c3oc(CO)cc(=O)c3c2O)OC1(C)CCc1ccc(N)nc1. The van der Waals surface area contributed by atoms with Crippen molar-refractivity contribution < 1.29 is 34.0 Å². The normalized spacial score (nSPS) is 17.8. The van der Waals surface area contributed by atoms with Crippen molar-refractivity contribution in [3.8, 4) is 17.2 Å². The maximum atomic E-state index is 13.7. The van der Waals surface area contributed by atoms with Gasteiger partial charge in [0.15, 0.2) is 5.43 Å². The van der Waals surface area contributed by atoms with Crippen LogP contribution in [0.3, 0.4) is 0 Å². The zero-order valence-electron chi connectivity index (χ0n) is 28.6. The number of aromatic nitrogens is 2. The quantitative estimate of drug-likeness (QED) is 0.0943. The number of nitrogens with zero attached hydrogens (tertiary/aromatic N) is 2. The van der Waals surface area contributed by atoms with E-state index in [4.69, 9.17) is 25.4 Å². The summed E-state index contributed by atoms with van der Waals surface area (Å²) in [5.74, 6) is -0.635. The number of esters is 1. The molecule has 3 unspecified atom stereocenters. The van der Waals surface area contributed by atoms with E-state index in [0.717, 1.165) is 17.2 Å². The molecule has 5 aromatic rings. The molecule has 6 rings (SSSR count). The largest absolute Gasteiger partial charge is 0.508 e. The lowest BCUT2D eigenvalue weighted by molar-refractivity contribution is -0.158. The van der Waals surface area contributed by atoms with Crippen LogP contribution in [0.2, 0.25) is 0 Å². The van der Waals surface area contributed by atoms with Crippen LogP contribution in [0.1, 0.15) is 66.7 Å². The number of hydrogen-bond donors (Lipinski definition) is 5. The Balaban J connectivity index is 1.62. The van der Waals surface area contributed by atoms with Crippen molar-refractivity contribution in [3.63, 3.8) is 0 Å². The Labute approximate surface area is 294 Å². The van der Waals surface area contributed by atoms with Crippen LogP contribution in [0.4, 0.5) is 11.6 Å². The Bertz CT molecular complexity index is 2200. The van der Waals surface area contributed by atoms with Crippen LogP contribution >= 0.6 is 0 Å². The average Bonchev–Trinajstić information content (AvgIpc) is 3.11. The van der Waals surface area contributed by atoms with Crippen molar-refractivity contribution in [1.29, 1.82) is 0 Å². The van der Waals surface area contributed by atoms with Gasteiger partial charge in [-0.05, 0) is 87.1 Å². The molecule has 0 aliphatic carbocycles. The molecular formula is C39H40N4O8. The molecule has 0 radical (unpaired) electrons. The second-order valence-electron chi connectivity index (χ2n) is 13.0. The fourth-order valence-corrected chi connectivity index (χ4v) is 6.56. The predicted molar refractivity (Wildman–Crippen MR) is 191 cm³/mol. The number of phenols is 2. The number of ether oxygens (including phenoxy) is 2. The third kappa shape index (κ3) is 7.08. The molecule has 12 heteroatoms. The van der Waals surface area contributed by atoms with Crippen molar-refractivity contribution in [1.82, 2.24) is 9.97 Å². The third-order valence-electron chi connectivity index (χ3n) is 9.51. The number of fused-ring (bicyclic) bond motifs is 2. The number of rotatable bonds is 10. The van der Waals surface area contributed by atoms with E-state index in [9.17, 15) is 24.9 Å². The standard InChI is InChI=1S/C39H40N4O8/c1-4-21(2)38(48)50-30-18-28-35(47)34-29(46)17-26(20-44)49-37(34)33(36(28)51-39(30,3)12-10-22-8-9-31(40)43-19-22)27(24-11-13-42-32(41)16-24)15-23-6-5-7-25(45)14-23/h4-9,11,13-14,16-17,19,27,30,44-45,47H,10,12,15,18,20H2,1-3H3,(H2,40,43)(H2,41,42). The van der Waals surface area contributed by atoms with Crippen molar-refractivity contribution in [2.75, 3.05) is 11.5 Å². The molecule has 1 aliphatic rings. The summed E-state index contributed by atoms with van der Waals surface area (Å²) >= 11 is 0. The maximum Gasteiger partial charge on any atom is 0.333 e. The van der Waals surface area contributed by atoms with Crippen LogP contribution in [0, 0.1) is 0 Å². The number of phenolic OH excluding ortho intramolecular Hbond substituents is 2. The minimum absolute atomic E-state index is 0.00183. The monoisotopic (exact) mass is 692 g/mol. The molecule has 3 atom stereocenters. The van der Waals surface area contributed by atoms with Gasteiger partial charge in [-0.15, -0.1) is 0 Å². The summed E-state index contributed by atoms with van der Waals surface area (Å²) in [5.41, 5.74) is 13.7. The molecule has 4 heterocycles. The number of pyridine rings is 2. The molecule has 7 N–H and O–H groups in total. The second-order valence-corrected chi connectivity index (χ2v) is 13.0. The fraction of sp³-hybridized carbons (Fsp3) is 0.282. The number of carbonyl (C=O) groups is 1. The summed E-state index contributed by atoms with van der Waals surface area (Å²) in [6.45, 7) is 4.65. The van der Waals surface area contributed by atoms with Crippen molar-refractivity contribution >= 4 is 28.6 Å². The molecule has 0 spiro atoms. The van der Waals surface area contributed by atoms with Gasteiger partial charge in [0, 0.05) is 47.5 Å². The number of aliphatic hydroxyl groups is 1. The number of anilines is 2. The number of aryl methyl sites for hydroxylation is 1. The summed E-state index contributed by atoms with van der Waals surface area (Å²) < 4.78 is 19.3. The number of aliphatic hydroxyl groups excluding tert-OH is 1. The second kappa shape index (κ2) is 14.2. The molecule has 0 saturated heterocycles. The summed E-state index contributed by atoms with van der Waals surface area (Å²) in [7, 11) is 0. The first-order valence-corrected chi connectivity index (χ1v) is 16.6. The molecular weight excluding hydrogens is 652 g/mol. The van der Waals surface area contributed by atoms with E-state index >= 15 is 0 Å².